The van der Waals surface area contributed by atoms with E-state index in [4.69, 9.17) is 9.15 Å². The number of rotatable bonds is 5. The van der Waals surface area contributed by atoms with Crippen molar-refractivity contribution in [3.05, 3.63) is 30.0 Å². The third-order valence-corrected chi connectivity index (χ3v) is 5.47. The summed E-state index contributed by atoms with van der Waals surface area (Å²) < 4.78 is 11.1. The Bertz CT molecular complexity index is 748. The van der Waals surface area contributed by atoms with E-state index < -0.39 is 0 Å². The molecule has 0 aliphatic carbocycles. The number of ketones is 1. The highest BCUT2D eigenvalue weighted by atomic mass is 16.5. The van der Waals surface area contributed by atoms with Gasteiger partial charge in [-0.2, -0.15) is 0 Å². The van der Waals surface area contributed by atoms with Crippen molar-refractivity contribution < 1.29 is 13.9 Å². The Morgan fingerprint density at radius 1 is 1.32 bits per heavy atom. The van der Waals surface area contributed by atoms with Crippen molar-refractivity contribution >= 4 is 16.8 Å². The first-order valence-corrected chi connectivity index (χ1v) is 9.31. The van der Waals surface area contributed by atoms with Gasteiger partial charge in [0.15, 0.2) is 17.1 Å². The number of Topliss-reactive ketones (excluding diaryl/α,β-unsaturated/α-hetero) is 1. The van der Waals surface area contributed by atoms with Crippen LogP contribution in [0.5, 0.6) is 5.75 Å². The molecule has 0 spiro atoms. The maximum Gasteiger partial charge on any atom is 0.214 e. The van der Waals surface area contributed by atoms with Gasteiger partial charge in [-0.15, -0.1) is 0 Å². The van der Waals surface area contributed by atoms with Crippen LogP contribution in [0.25, 0.3) is 11.0 Å². The van der Waals surface area contributed by atoms with Crippen molar-refractivity contribution in [2.45, 2.75) is 31.7 Å². The lowest BCUT2D eigenvalue weighted by Crippen LogP contribution is -2.34. The third-order valence-electron chi connectivity index (χ3n) is 5.47. The van der Waals surface area contributed by atoms with Crippen LogP contribution in [-0.4, -0.2) is 50.0 Å². The number of piperidine rings is 1. The summed E-state index contributed by atoms with van der Waals surface area (Å²) >= 11 is 0. The summed E-state index contributed by atoms with van der Waals surface area (Å²) in [5.41, 5.74) is 0.649. The van der Waals surface area contributed by atoms with E-state index in [2.05, 4.69) is 10.2 Å². The van der Waals surface area contributed by atoms with Crippen LogP contribution in [0.2, 0.25) is 0 Å². The number of carbonyl (C=O) groups is 1. The molecule has 1 aromatic heterocycles. The SMILES string of the molecule is COc1cccc2cc(C(=O)C3CC(CN4CCCCC4)CN3)oc12. The molecular weight excluding hydrogens is 316 g/mol. The fourth-order valence-electron chi connectivity index (χ4n) is 4.15. The summed E-state index contributed by atoms with van der Waals surface area (Å²) in [5, 5.41) is 4.31. The van der Waals surface area contributed by atoms with Gasteiger partial charge >= 0.3 is 0 Å². The molecule has 1 N–H and O–H groups in total. The predicted octanol–water partition coefficient (Wildman–Crippen LogP) is 3.09. The van der Waals surface area contributed by atoms with E-state index in [9.17, 15) is 4.79 Å². The molecule has 2 aliphatic rings. The lowest BCUT2D eigenvalue weighted by molar-refractivity contribution is 0.0923. The molecule has 4 rings (SSSR count). The number of methoxy groups -OCH3 is 1. The molecule has 2 aliphatic heterocycles. The Hall–Kier alpha value is -1.85. The van der Waals surface area contributed by atoms with Crippen LogP contribution < -0.4 is 10.1 Å². The van der Waals surface area contributed by atoms with Gasteiger partial charge in [0.2, 0.25) is 5.78 Å². The van der Waals surface area contributed by atoms with E-state index in [-0.39, 0.29) is 11.8 Å². The van der Waals surface area contributed by atoms with Crippen molar-refractivity contribution in [2.75, 3.05) is 33.3 Å². The van der Waals surface area contributed by atoms with Gasteiger partial charge < -0.3 is 19.4 Å². The Balaban J connectivity index is 1.43. The minimum Gasteiger partial charge on any atom is -0.493 e. The number of fused-ring (bicyclic) bond motifs is 1. The lowest BCUT2D eigenvalue weighted by atomic mass is 10.00. The van der Waals surface area contributed by atoms with Crippen molar-refractivity contribution in [1.29, 1.82) is 0 Å². The lowest BCUT2D eigenvalue weighted by Gasteiger charge is -2.28. The second-order valence-electron chi connectivity index (χ2n) is 7.28. The van der Waals surface area contributed by atoms with E-state index >= 15 is 0 Å². The van der Waals surface area contributed by atoms with Crippen molar-refractivity contribution in [3.8, 4) is 5.75 Å². The molecular formula is C20H26N2O3. The molecule has 2 aromatic rings. The van der Waals surface area contributed by atoms with Crippen molar-refractivity contribution in [3.63, 3.8) is 0 Å². The summed E-state index contributed by atoms with van der Waals surface area (Å²) in [4.78, 5) is 15.4. The highest BCUT2D eigenvalue weighted by molar-refractivity contribution is 6.01. The Morgan fingerprint density at radius 3 is 2.96 bits per heavy atom. The normalized spacial score (nSPS) is 24.7. The second-order valence-corrected chi connectivity index (χ2v) is 7.28. The number of benzene rings is 1. The van der Waals surface area contributed by atoms with Gasteiger partial charge in [-0.3, -0.25) is 4.79 Å². The highest BCUT2D eigenvalue weighted by Crippen LogP contribution is 2.30. The molecule has 0 saturated carbocycles. The Kier molecular flexibility index (Phi) is 4.77. The summed E-state index contributed by atoms with van der Waals surface area (Å²) in [6.45, 7) is 4.43. The topological polar surface area (TPSA) is 54.7 Å². The Morgan fingerprint density at radius 2 is 2.16 bits per heavy atom. The molecule has 5 nitrogen and oxygen atoms in total. The minimum atomic E-state index is -0.138. The molecule has 2 unspecified atom stereocenters. The smallest absolute Gasteiger partial charge is 0.214 e. The number of nitrogens with zero attached hydrogens (tertiary/aromatic N) is 1. The van der Waals surface area contributed by atoms with E-state index in [1.54, 1.807) is 7.11 Å². The monoisotopic (exact) mass is 342 g/mol. The van der Waals surface area contributed by atoms with Gasteiger partial charge in [-0.05, 0) is 56.9 Å². The zero-order valence-corrected chi connectivity index (χ0v) is 14.8. The molecule has 0 amide bonds. The van der Waals surface area contributed by atoms with E-state index in [1.807, 2.05) is 24.3 Å². The van der Waals surface area contributed by atoms with Gasteiger partial charge in [0.25, 0.3) is 0 Å². The molecule has 2 saturated heterocycles. The zero-order valence-electron chi connectivity index (χ0n) is 14.8. The third kappa shape index (κ3) is 3.44. The maximum absolute atomic E-state index is 12.8. The summed E-state index contributed by atoms with van der Waals surface area (Å²) in [6.07, 6.45) is 4.87. The molecule has 2 fully saturated rings. The Labute approximate surface area is 148 Å². The molecule has 2 atom stereocenters. The number of para-hydroxylation sites is 1. The number of hydrogen-bond donors (Lipinski definition) is 1. The van der Waals surface area contributed by atoms with Crippen LogP contribution in [0, 0.1) is 5.92 Å². The number of nitrogens with one attached hydrogen (secondary N) is 1. The number of carbonyl (C=O) groups excluding carboxylic acids is 1. The van der Waals surface area contributed by atoms with Gasteiger partial charge in [0.05, 0.1) is 13.2 Å². The standard InChI is InChI=1S/C20H26N2O3/c1-24-17-7-5-6-15-11-18(25-20(15)17)19(23)16-10-14(12-21-16)13-22-8-3-2-4-9-22/h5-7,11,14,16,21H,2-4,8-10,12-13H2,1H3. The average Bonchev–Trinajstić information content (AvgIpc) is 3.28. The van der Waals surface area contributed by atoms with Crippen molar-refractivity contribution in [1.82, 2.24) is 10.2 Å². The fraction of sp³-hybridized carbons (Fsp3) is 0.550. The largest absolute Gasteiger partial charge is 0.493 e. The molecule has 1 aromatic carbocycles. The quantitative estimate of drug-likeness (QED) is 0.846. The van der Waals surface area contributed by atoms with Crippen LogP contribution in [0.1, 0.15) is 36.2 Å². The summed E-state index contributed by atoms with van der Waals surface area (Å²) in [5.74, 6) is 1.69. The number of likely N-dealkylation sites (tertiary alicyclic amines) is 1. The molecule has 0 radical (unpaired) electrons. The molecule has 3 heterocycles. The minimum absolute atomic E-state index is 0.0550. The van der Waals surface area contributed by atoms with Crippen molar-refractivity contribution in [2.24, 2.45) is 5.92 Å². The van der Waals surface area contributed by atoms with Crippen LogP contribution in [-0.2, 0) is 0 Å². The van der Waals surface area contributed by atoms with Gasteiger partial charge in [0.1, 0.15) is 0 Å². The summed E-state index contributed by atoms with van der Waals surface area (Å²) in [6, 6.07) is 7.40. The van der Waals surface area contributed by atoms with Gasteiger partial charge in [-0.1, -0.05) is 18.6 Å². The number of ether oxygens (including phenoxy) is 1. The molecule has 25 heavy (non-hydrogen) atoms. The van der Waals surface area contributed by atoms with Gasteiger partial charge in [0, 0.05) is 11.9 Å². The molecule has 134 valence electrons. The average molecular weight is 342 g/mol. The first kappa shape index (κ1) is 16.6. The van der Waals surface area contributed by atoms with Crippen LogP contribution in [0.3, 0.4) is 0 Å². The number of hydrogen-bond acceptors (Lipinski definition) is 5. The van der Waals surface area contributed by atoms with E-state index in [0.717, 1.165) is 24.9 Å². The zero-order chi connectivity index (χ0) is 17.2. The van der Waals surface area contributed by atoms with Crippen LogP contribution in [0.4, 0.5) is 0 Å². The van der Waals surface area contributed by atoms with E-state index in [0.29, 0.717) is 23.0 Å². The molecule has 0 bridgehead atoms. The highest BCUT2D eigenvalue weighted by Gasteiger charge is 2.32. The summed E-state index contributed by atoms with van der Waals surface area (Å²) in [7, 11) is 1.61. The second kappa shape index (κ2) is 7.18. The first-order valence-electron chi connectivity index (χ1n) is 9.31. The fourth-order valence-corrected chi connectivity index (χ4v) is 4.15. The maximum atomic E-state index is 12.8. The van der Waals surface area contributed by atoms with Gasteiger partial charge in [-0.25, -0.2) is 0 Å². The van der Waals surface area contributed by atoms with E-state index in [1.165, 1.54) is 32.4 Å². The molecule has 5 heteroatoms. The first-order chi connectivity index (χ1) is 12.2. The number of furan rings is 1. The van der Waals surface area contributed by atoms with Crippen LogP contribution in [0.15, 0.2) is 28.7 Å². The van der Waals surface area contributed by atoms with Crippen LogP contribution >= 0.6 is 0 Å². The predicted molar refractivity (Wildman–Crippen MR) is 97.3 cm³/mol.